The first kappa shape index (κ1) is 13.5. The second-order valence-corrected chi connectivity index (χ2v) is 5.72. The predicted octanol–water partition coefficient (Wildman–Crippen LogP) is 3.76. The molecule has 0 N–H and O–H groups in total. The van der Waals surface area contributed by atoms with Crippen molar-refractivity contribution in [1.29, 1.82) is 0 Å². The SMILES string of the molecule is COc1nc(C(C)(C)C)ccc1-c1cc(C)ccn1. The maximum absolute atomic E-state index is 5.42. The maximum atomic E-state index is 5.42. The Morgan fingerprint density at radius 3 is 2.42 bits per heavy atom. The molecule has 2 rings (SSSR count). The molecular formula is C16H20N2O. The summed E-state index contributed by atoms with van der Waals surface area (Å²) in [4.78, 5) is 9.00. The Labute approximate surface area is 114 Å². The molecule has 0 fully saturated rings. The third-order valence-corrected chi connectivity index (χ3v) is 3.01. The number of aryl methyl sites for hydroxylation is 1. The van der Waals surface area contributed by atoms with E-state index >= 15 is 0 Å². The molecule has 0 atom stereocenters. The van der Waals surface area contributed by atoms with Crippen molar-refractivity contribution in [3.8, 4) is 17.1 Å². The molecule has 0 aromatic carbocycles. The van der Waals surface area contributed by atoms with E-state index in [2.05, 4.69) is 37.7 Å². The van der Waals surface area contributed by atoms with Crippen LogP contribution >= 0.6 is 0 Å². The van der Waals surface area contributed by atoms with Crippen LogP contribution in [-0.2, 0) is 5.41 Å². The summed E-state index contributed by atoms with van der Waals surface area (Å²) in [6.07, 6.45) is 1.81. The van der Waals surface area contributed by atoms with Crippen LogP contribution in [0.1, 0.15) is 32.0 Å². The summed E-state index contributed by atoms with van der Waals surface area (Å²) in [7, 11) is 1.65. The Hall–Kier alpha value is -1.90. The molecule has 0 unspecified atom stereocenters. The highest BCUT2D eigenvalue weighted by molar-refractivity contribution is 5.65. The van der Waals surface area contributed by atoms with E-state index in [1.54, 1.807) is 7.11 Å². The van der Waals surface area contributed by atoms with E-state index in [0.29, 0.717) is 5.88 Å². The van der Waals surface area contributed by atoms with Crippen molar-refractivity contribution in [2.75, 3.05) is 7.11 Å². The van der Waals surface area contributed by atoms with Crippen molar-refractivity contribution in [3.05, 3.63) is 41.7 Å². The third kappa shape index (κ3) is 2.92. The summed E-state index contributed by atoms with van der Waals surface area (Å²) < 4.78 is 5.42. The van der Waals surface area contributed by atoms with Crippen LogP contribution in [0.4, 0.5) is 0 Å². The van der Waals surface area contributed by atoms with Crippen LogP contribution in [0.5, 0.6) is 5.88 Å². The Balaban J connectivity index is 2.53. The first-order chi connectivity index (χ1) is 8.91. The molecule has 19 heavy (non-hydrogen) atoms. The molecule has 2 aromatic rings. The minimum Gasteiger partial charge on any atom is -0.480 e. The zero-order valence-corrected chi connectivity index (χ0v) is 12.2. The average molecular weight is 256 g/mol. The summed E-state index contributed by atoms with van der Waals surface area (Å²) in [5, 5.41) is 0. The lowest BCUT2D eigenvalue weighted by atomic mass is 9.91. The summed E-state index contributed by atoms with van der Waals surface area (Å²) in [6, 6.07) is 8.10. The summed E-state index contributed by atoms with van der Waals surface area (Å²) >= 11 is 0. The second kappa shape index (κ2) is 5.00. The highest BCUT2D eigenvalue weighted by atomic mass is 16.5. The van der Waals surface area contributed by atoms with Crippen molar-refractivity contribution >= 4 is 0 Å². The molecule has 3 nitrogen and oxygen atoms in total. The lowest BCUT2D eigenvalue weighted by molar-refractivity contribution is 0.393. The molecule has 0 radical (unpaired) electrons. The third-order valence-electron chi connectivity index (χ3n) is 3.01. The minimum atomic E-state index is 0.00580. The number of ether oxygens (including phenoxy) is 1. The minimum absolute atomic E-state index is 0.00580. The first-order valence-corrected chi connectivity index (χ1v) is 6.40. The van der Waals surface area contributed by atoms with Gasteiger partial charge in [-0.2, -0.15) is 0 Å². The van der Waals surface area contributed by atoms with Gasteiger partial charge in [-0.05, 0) is 36.8 Å². The Kier molecular flexibility index (Phi) is 3.56. The molecule has 2 heterocycles. The van der Waals surface area contributed by atoms with Crippen LogP contribution in [0, 0.1) is 6.92 Å². The Bertz CT molecular complexity index is 586. The van der Waals surface area contributed by atoms with Crippen molar-refractivity contribution < 1.29 is 4.74 Å². The fraction of sp³-hybridized carbons (Fsp3) is 0.375. The van der Waals surface area contributed by atoms with Gasteiger partial charge < -0.3 is 4.74 Å². The molecule has 0 saturated heterocycles. The zero-order valence-electron chi connectivity index (χ0n) is 12.2. The first-order valence-electron chi connectivity index (χ1n) is 6.40. The molecule has 0 aliphatic heterocycles. The number of pyridine rings is 2. The predicted molar refractivity (Wildman–Crippen MR) is 77.5 cm³/mol. The van der Waals surface area contributed by atoms with Crippen molar-refractivity contribution in [2.24, 2.45) is 0 Å². The van der Waals surface area contributed by atoms with Gasteiger partial charge in [0.25, 0.3) is 0 Å². The van der Waals surface area contributed by atoms with Gasteiger partial charge in [-0.1, -0.05) is 20.8 Å². The fourth-order valence-corrected chi connectivity index (χ4v) is 1.89. The smallest absolute Gasteiger partial charge is 0.222 e. The molecule has 0 amide bonds. The molecule has 0 spiro atoms. The fourth-order valence-electron chi connectivity index (χ4n) is 1.89. The van der Waals surface area contributed by atoms with E-state index in [0.717, 1.165) is 17.0 Å². The highest BCUT2D eigenvalue weighted by Gasteiger charge is 2.18. The quantitative estimate of drug-likeness (QED) is 0.820. The molecular weight excluding hydrogens is 236 g/mol. The van der Waals surface area contributed by atoms with E-state index in [1.165, 1.54) is 5.56 Å². The highest BCUT2D eigenvalue weighted by Crippen LogP contribution is 2.30. The number of nitrogens with zero attached hydrogens (tertiary/aromatic N) is 2. The summed E-state index contributed by atoms with van der Waals surface area (Å²) in [6.45, 7) is 8.46. The van der Waals surface area contributed by atoms with Gasteiger partial charge in [0.15, 0.2) is 0 Å². The number of hydrogen-bond acceptors (Lipinski definition) is 3. The van der Waals surface area contributed by atoms with Crippen molar-refractivity contribution in [3.63, 3.8) is 0 Å². The van der Waals surface area contributed by atoms with Gasteiger partial charge in [0.05, 0.1) is 18.4 Å². The molecule has 3 heteroatoms. The van der Waals surface area contributed by atoms with Gasteiger partial charge in [-0.25, -0.2) is 4.98 Å². The number of aromatic nitrogens is 2. The standard InChI is InChI=1S/C16H20N2O/c1-11-8-9-17-13(10-11)12-6-7-14(16(2,3)4)18-15(12)19-5/h6-10H,1-5H3. The van der Waals surface area contributed by atoms with Gasteiger partial charge in [0, 0.05) is 17.3 Å². The number of methoxy groups -OCH3 is 1. The molecule has 0 saturated carbocycles. The maximum Gasteiger partial charge on any atom is 0.222 e. The molecule has 2 aromatic heterocycles. The van der Waals surface area contributed by atoms with E-state index in [-0.39, 0.29) is 5.41 Å². The van der Waals surface area contributed by atoms with E-state index in [9.17, 15) is 0 Å². The van der Waals surface area contributed by atoms with E-state index < -0.39 is 0 Å². The van der Waals surface area contributed by atoms with Gasteiger partial charge in [-0.15, -0.1) is 0 Å². The Morgan fingerprint density at radius 2 is 1.84 bits per heavy atom. The summed E-state index contributed by atoms with van der Waals surface area (Å²) in [5.74, 6) is 0.630. The largest absolute Gasteiger partial charge is 0.480 e. The lowest BCUT2D eigenvalue weighted by Crippen LogP contribution is -2.14. The monoisotopic (exact) mass is 256 g/mol. The van der Waals surface area contributed by atoms with Gasteiger partial charge >= 0.3 is 0 Å². The van der Waals surface area contributed by atoms with Crippen LogP contribution in [0.3, 0.4) is 0 Å². The van der Waals surface area contributed by atoms with Gasteiger partial charge in [-0.3, -0.25) is 4.98 Å². The average Bonchev–Trinajstić information content (AvgIpc) is 2.37. The molecule has 0 aliphatic carbocycles. The normalized spacial score (nSPS) is 11.4. The zero-order chi connectivity index (χ0) is 14.0. The van der Waals surface area contributed by atoms with Crippen molar-refractivity contribution in [2.45, 2.75) is 33.1 Å². The number of hydrogen-bond donors (Lipinski definition) is 0. The van der Waals surface area contributed by atoms with Crippen LogP contribution in [-0.4, -0.2) is 17.1 Å². The second-order valence-electron chi connectivity index (χ2n) is 5.72. The van der Waals surface area contributed by atoms with Crippen LogP contribution in [0.25, 0.3) is 11.3 Å². The van der Waals surface area contributed by atoms with Crippen LogP contribution in [0.2, 0.25) is 0 Å². The van der Waals surface area contributed by atoms with Crippen molar-refractivity contribution in [1.82, 2.24) is 9.97 Å². The molecule has 0 aliphatic rings. The van der Waals surface area contributed by atoms with Gasteiger partial charge in [0.1, 0.15) is 0 Å². The molecule has 0 bridgehead atoms. The molecule has 100 valence electrons. The number of rotatable bonds is 2. The van der Waals surface area contributed by atoms with Gasteiger partial charge in [0.2, 0.25) is 5.88 Å². The topological polar surface area (TPSA) is 35.0 Å². The van der Waals surface area contributed by atoms with Crippen LogP contribution in [0.15, 0.2) is 30.5 Å². The van der Waals surface area contributed by atoms with E-state index in [1.807, 2.05) is 30.5 Å². The van der Waals surface area contributed by atoms with E-state index in [4.69, 9.17) is 4.74 Å². The lowest BCUT2D eigenvalue weighted by Gasteiger charge is -2.19. The van der Waals surface area contributed by atoms with Crippen LogP contribution < -0.4 is 4.74 Å². The Morgan fingerprint density at radius 1 is 1.11 bits per heavy atom. The summed E-state index contributed by atoms with van der Waals surface area (Å²) in [5.41, 5.74) is 4.02.